The molecule has 11 nitrogen and oxygen atoms in total. The van der Waals surface area contributed by atoms with Gasteiger partial charge >= 0.3 is 0 Å². The van der Waals surface area contributed by atoms with Crippen molar-refractivity contribution in [1.29, 1.82) is 0 Å². The lowest BCUT2D eigenvalue weighted by Crippen LogP contribution is -2.17. The van der Waals surface area contributed by atoms with Crippen LogP contribution in [0.5, 0.6) is 0 Å². The Hall–Kier alpha value is -3.87. The van der Waals surface area contributed by atoms with Crippen molar-refractivity contribution in [2.45, 2.75) is 30.3 Å². The van der Waals surface area contributed by atoms with Crippen molar-refractivity contribution in [3.8, 4) is 11.5 Å². The van der Waals surface area contributed by atoms with E-state index in [9.17, 15) is 13.5 Å². The Morgan fingerprint density at radius 3 is 2.71 bits per heavy atom. The van der Waals surface area contributed by atoms with Crippen LogP contribution in [0.15, 0.2) is 64.1 Å². The first kappa shape index (κ1) is 25.8. The number of aliphatic hydroxyl groups excluding tert-OH is 1. The van der Waals surface area contributed by atoms with Crippen molar-refractivity contribution in [1.82, 2.24) is 25.0 Å². The number of aryl methyl sites for hydroxylation is 1. The SMILES string of the molecule is CN(C)Cc1noc(-c2cnc(Nc3ccc4c(c3)CCCS4(=O)=O)nc2N[C@H](CO)c2ccccc2)n1. The highest BCUT2D eigenvalue weighted by atomic mass is 32.2. The fourth-order valence-corrected chi connectivity index (χ4v) is 5.93. The zero-order valence-corrected chi connectivity index (χ0v) is 21.9. The molecule has 1 atom stereocenters. The van der Waals surface area contributed by atoms with Gasteiger partial charge in [0.05, 0.1) is 29.8 Å². The standard InChI is InChI=1S/C26H29N7O4S/c1-33(2)15-23-30-25(37-32-23)20-14-27-26(31-24(20)29-21(16-34)17-7-4-3-5-8-17)28-19-10-11-22-18(13-19)9-6-12-38(22,35)36/h3-5,7-8,10-11,13-14,21,34H,6,9,12,15-16H2,1-2H3,(H2,27,28,29,31)/t21-/m1/s1. The molecule has 0 radical (unpaired) electrons. The molecule has 12 heteroatoms. The highest BCUT2D eigenvalue weighted by molar-refractivity contribution is 7.91. The summed E-state index contributed by atoms with van der Waals surface area (Å²) in [6.45, 7) is 0.329. The normalized spacial score (nSPS) is 15.2. The molecule has 0 fully saturated rings. The Labute approximate surface area is 220 Å². The van der Waals surface area contributed by atoms with Gasteiger partial charge in [-0.3, -0.25) is 0 Å². The summed E-state index contributed by atoms with van der Waals surface area (Å²) in [5.41, 5.74) is 2.81. The molecule has 0 saturated heterocycles. The minimum absolute atomic E-state index is 0.172. The lowest BCUT2D eigenvalue weighted by Gasteiger charge is -2.20. The van der Waals surface area contributed by atoms with Gasteiger partial charge in [0.15, 0.2) is 15.7 Å². The molecule has 0 aliphatic carbocycles. The maximum atomic E-state index is 12.4. The van der Waals surface area contributed by atoms with Crippen LogP contribution in [0, 0.1) is 0 Å². The molecule has 1 aliphatic heterocycles. The average Bonchev–Trinajstić information content (AvgIpc) is 3.35. The quantitative estimate of drug-likeness (QED) is 0.290. The molecule has 0 spiro atoms. The van der Waals surface area contributed by atoms with Gasteiger partial charge < -0.3 is 25.2 Å². The first-order valence-corrected chi connectivity index (χ1v) is 13.9. The maximum absolute atomic E-state index is 12.4. The predicted octanol–water partition coefficient (Wildman–Crippen LogP) is 3.20. The molecule has 2 aromatic heterocycles. The van der Waals surface area contributed by atoms with Crippen LogP contribution in [0.4, 0.5) is 17.5 Å². The molecule has 0 saturated carbocycles. The minimum atomic E-state index is -3.24. The minimum Gasteiger partial charge on any atom is -0.394 e. The second-order valence-corrected chi connectivity index (χ2v) is 11.4. The number of rotatable bonds is 9. The highest BCUT2D eigenvalue weighted by Crippen LogP contribution is 2.31. The molecule has 0 amide bonds. The smallest absolute Gasteiger partial charge is 0.263 e. The molecule has 38 heavy (non-hydrogen) atoms. The van der Waals surface area contributed by atoms with Crippen molar-refractivity contribution in [2.24, 2.45) is 0 Å². The summed E-state index contributed by atoms with van der Waals surface area (Å²) < 4.78 is 30.2. The van der Waals surface area contributed by atoms with E-state index in [-0.39, 0.29) is 24.2 Å². The zero-order valence-electron chi connectivity index (χ0n) is 21.1. The van der Waals surface area contributed by atoms with Crippen LogP contribution < -0.4 is 10.6 Å². The number of nitrogens with one attached hydrogen (secondary N) is 2. The van der Waals surface area contributed by atoms with E-state index in [0.29, 0.717) is 47.2 Å². The predicted molar refractivity (Wildman–Crippen MR) is 143 cm³/mol. The molecule has 4 aromatic rings. The van der Waals surface area contributed by atoms with Crippen molar-refractivity contribution in [3.05, 3.63) is 71.7 Å². The first-order chi connectivity index (χ1) is 18.3. The van der Waals surface area contributed by atoms with E-state index in [4.69, 9.17) is 4.52 Å². The fourth-order valence-electron chi connectivity index (χ4n) is 4.35. The molecule has 2 aromatic carbocycles. The van der Waals surface area contributed by atoms with Crippen LogP contribution >= 0.6 is 0 Å². The molecule has 1 aliphatic rings. The largest absolute Gasteiger partial charge is 0.394 e. The maximum Gasteiger partial charge on any atom is 0.263 e. The van der Waals surface area contributed by atoms with Gasteiger partial charge in [-0.05, 0) is 56.3 Å². The molecule has 0 unspecified atom stereocenters. The van der Waals surface area contributed by atoms with Crippen molar-refractivity contribution >= 4 is 27.3 Å². The summed E-state index contributed by atoms with van der Waals surface area (Å²) in [4.78, 5) is 15.9. The van der Waals surface area contributed by atoms with Crippen LogP contribution in [-0.2, 0) is 22.8 Å². The van der Waals surface area contributed by atoms with Gasteiger partial charge in [-0.15, -0.1) is 0 Å². The van der Waals surface area contributed by atoms with Gasteiger partial charge in [0.1, 0.15) is 11.4 Å². The third-order valence-corrected chi connectivity index (χ3v) is 8.05. The molecular formula is C26H29N7O4S. The van der Waals surface area contributed by atoms with Gasteiger partial charge in [0, 0.05) is 11.9 Å². The van der Waals surface area contributed by atoms with E-state index < -0.39 is 15.9 Å². The van der Waals surface area contributed by atoms with Gasteiger partial charge in [-0.2, -0.15) is 9.97 Å². The third kappa shape index (κ3) is 5.67. The lowest BCUT2D eigenvalue weighted by molar-refractivity contribution is 0.276. The van der Waals surface area contributed by atoms with Crippen molar-refractivity contribution in [3.63, 3.8) is 0 Å². The highest BCUT2D eigenvalue weighted by Gasteiger charge is 2.24. The fraction of sp³-hybridized carbons (Fsp3) is 0.308. The number of aliphatic hydroxyl groups is 1. The van der Waals surface area contributed by atoms with Crippen LogP contribution in [0.1, 0.15) is 29.4 Å². The number of aromatic nitrogens is 4. The Kier molecular flexibility index (Phi) is 7.36. The zero-order chi connectivity index (χ0) is 26.7. The molecule has 0 bridgehead atoms. The number of fused-ring (bicyclic) bond motifs is 1. The molecular weight excluding hydrogens is 506 g/mol. The average molecular weight is 536 g/mol. The van der Waals surface area contributed by atoms with E-state index >= 15 is 0 Å². The van der Waals surface area contributed by atoms with Crippen LogP contribution in [0.3, 0.4) is 0 Å². The Morgan fingerprint density at radius 2 is 1.95 bits per heavy atom. The number of benzene rings is 2. The van der Waals surface area contributed by atoms with Gasteiger partial charge in [-0.1, -0.05) is 35.5 Å². The Bertz CT molecular complexity index is 1520. The second kappa shape index (κ2) is 10.9. The Balaban J connectivity index is 1.48. The van der Waals surface area contributed by atoms with Gasteiger partial charge in [0.25, 0.3) is 5.89 Å². The molecule has 3 heterocycles. The van der Waals surface area contributed by atoms with E-state index in [0.717, 1.165) is 11.1 Å². The number of hydrogen-bond donors (Lipinski definition) is 3. The summed E-state index contributed by atoms with van der Waals surface area (Å²) in [7, 11) is 0.580. The third-order valence-electron chi connectivity index (χ3n) is 6.15. The van der Waals surface area contributed by atoms with E-state index in [1.807, 2.05) is 55.4 Å². The van der Waals surface area contributed by atoms with Gasteiger partial charge in [0.2, 0.25) is 5.95 Å². The van der Waals surface area contributed by atoms with Crippen LogP contribution in [0.2, 0.25) is 0 Å². The van der Waals surface area contributed by atoms with E-state index in [1.165, 1.54) is 0 Å². The van der Waals surface area contributed by atoms with Gasteiger partial charge in [-0.25, -0.2) is 13.4 Å². The number of nitrogens with zero attached hydrogens (tertiary/aromatic N) is 5. The summed E-state index contributed by atoms with van der Waals surface area (Å²) in [5, 5.41) is 20.6. The Morgan fingerprint density at radius 1 is 1.13 bits per heavy atom. The molecule has 3 N–H and O–H groups in total. The summed E-state index contributed by atoms with van der Waals surface area (Å²) in [6, 6.07) is 14.2. The van der Waals surface area contributed by atoms with E-state index in [1.54, 1.807) is 18.3 Å². The summed E-state index contributed by atoms with van der Waals surface area (Å²) in [5.74, 6) is 1.62. The summed E-state index contributed by atoms with van der Waals surface area (Å²) >= 11 is 0. The van der Waals surface area contributed by atoms with Crippen LogP contribution in [-0.4, -0.2) is 65.0 Å². The monoisotopic (exact) mass is 535 g/mol. The molecule has 198 valence electrons. The number of sulfone groups is 1. The summed E-state index contributed by atoms with van der Waals surface area (Å²) in [6.07, 6.45) is 2.87. The van der Waals surface area contributed by atoms with Crippen LogP contribution in [0.25, 0.3) is 11.5 Å². The van der Waals surface area contributed by atoms with E-state index in [2.05, 4.69) is 30.7 Å². The van der Waals surface area contributed by atoms with Crippen molar-refractivity contribution in [2.75, 3.05) is 37.1 Å². The number of anilines is 3. The second-order valence-electron chi connectivity index (χ2n) is 9.37. The van der Waals surface area contributed by atoms with Crippen molar-refractivity contribution < 1.29 is 18.0 Å². The lowest BCUT2D eigenvalue weighted by atomic mass is 10.1. The molecule has 5 rings (SSSR count). The topological polar surface area (TPSA) is 146 Å². The number of hydrogen-bond acceptors (Lipinski definition) is 11. The first-order valence-electron chi connectivity index (χ1n) is 12.2.